The fraction of sp³-hybridized carbons (Fsp3) is 0.889. The van der Waals surface area contributed by atoms with E-state index in [9.17, 15) is 4.79 Å². The van der Waals surface area contributed by atoms with Gasteiger partial charge in [-0.15, -0.1) is 0 Å². The predicted octanol–water partition coefficient (Wildman–Crippen LogP) is -0.489. The molecule has 0 amide bonds. The normalized spacial score (nSPS) is 20.6. The molecule has 0 aromatic heterocycles. The molecular formula is C9H18N2O3. The topological polar surface area (TPSA) is 75.8 Å². The first-order chi connectivity index (χ1) is 6.68. The molecule has 1 saturated heterocycles. The van der Waals surface area contributed by atoms with Gasteiger partial charge >= 0.3 is 5.97 Å². The fourth-order valence-electron chi connectivity index (χ4n) is 1.50. The molecule has 14 heavy (non-hydrogen) atoms. The average Bonchev–Trinajstić information content (AvgIpc) is 2.15. The number of carbonyl (C=O) groups is 1. The minimum Gasteiger partial charge on any atom is -0.481 e. The van der Waals surface area contributed by atoms with Crippen LogP contribution in [0.15, 0.2) is 0 Å². The number of hydrogen-bond donors (Lipinski definition) is 2. The van der Waals surface area contributed by atoms with Crippen LogP contribution in [-0.4, -0.2) is 54.9 Å². The van der Waals surface area contributed by atoms with Gasteiger partial charge in [-0.1, -0.05) is 0 Å². The Morgan fingerprint density at radius 3 is 2.71 bits per heavy atom. The summed E-state index contributed by atoms with van der Waals surface area (Å²) in [5, 5.41) is 8.51. The Balaban J connectivity index is 2.09. The molecule has 0 spiro atoms. The van der Waals surface area contributed by atoms with E-state index in [-0.39, 0.29) is 12.5 Å². The smallest absolute Gasteiger partial charge is 0.304 e. The number of aliphatic carboxylic acids is 1. The highest BCUT2D eigenvalue weighted by molar-refractivity contribution is 5.67. The van der Waals surface area contributed by atoms with Crippen molar-refractivity contribution in [1.82, 2.24) is 4.90 Å². The van der Waals surface area contributed by atoms with Crippen LogP contribution < -0.4 is 5.73 Å². The molecule has 1 unspecified atom stereocenters. The molecular weight excluding hydrogens is 184 g/mol. The van der Waals surface area contributed by atoms with Gasteiger partial charge in [0.25, 0.3) is 0 Å². The van der Waals surface area contributed by atoms with Crippen LogP contribution in [0.2, 0.25) is 0 Å². The number of carboxylic acids is 1. The number of carboxylic acid groups (broad SMARTS) is 1. The molecule has 0 aromatic carbocycles. The van der Waals surface area contributed by atoms with E-state index in [4.69, 9.17) is 15.6 Å². The van der Waals surface area contributed by atoms with Crippen LogP contribution in [0.3, 0.4) is 0 Å². The van der Waals surface area contributed by atoms with Gasteiger partial charge in [0.15, 0.2) is 0 Å². The third-order valence-corrected chi connectivity index (χ3v) is 2.36. The summed E-state index contributed by atoms with van der Waals surface area (Å²) < 4.78 is 5.20. The highest BCUT2D eigenvalue weighted by Crippen LogP contribution is 2.01. The Morgan fingerprint density at radius 2 is 2.14 bits per heavy atom. The van der Waals surface area contributed by atoms with Crippen molar-refractivity contribution in [3.63, 3.8) is 0 Å². The van der Waals surface area contributed by atoms with E-state index in [1.807, 2.05) is 0 Å². The molecule has 82 valence electrons. The van der Waals surface area contributed by atoms with Crippen molar-refractivity contribution < 1.29 is 14.6 Å². The Kier molecular flexibility index (Phi) is 4.86. The summed E-state index contributed by atoms with van der Waals surface area (Å²) in [6.07, 6.45) is 0.802. The number of rotatable bonds is 5. The van der Waals surface area contributed by atoms with Crippen LogP contribution >= 0.6 is 0 Å². The zero-order valence-corrected chi connectivity index (χ0v) is 8.32. The summed E-state index contributed by atoms with van der Waals surface area (Å²) in [5.74, 6) is -0.820. The molecule has 0 radical (unpaired) electrons. The molecule has 0 aromatic rings. The van der Waals surface area contributed by atoms with Gasteiger partial charge in [-0.25, -0.2) is 0 Å². The van der Waals surface area contributed by atoms with E-state index >= 15 is 0 Å². The largest absolute Gasteiger partial charge is 0.481 e. The fourth-order valence-corrected chi connectivity index (χ4v) is 1.50. The molecule has 3 N–H and O–H groups in total. The maximum Gasteiger partial charge on any atom is 0.304 e. The molecule has 1 atom stereocenters. The highest BCUT2D eigenvalue weighted by atomic mass is 16.5. The molecule has 1 aliphatic heterocycles. The minimum atomic E-state index is -0.820. The molecule has 1 fully saturated rings. The van der Waals surface area contributed by atoms with E-state index in [0.29, 0.717) is 0 Å². The third-order valence-electron chi connectivity index (χ3n) is 2.36. The summed E-state index contributed by atoms with van der Waals surface area (Å²) in [7, 11) is 0. The number of ether oxygens (including phenoxy) is 1. The number of morpholine rings is 1. The van der Waals surface area contributed by atoms with Crippen LogP contribution in [0.1, 0.15) is 12.8 Å². The lowest BCUT2D eigenvalue weighted by Crippen LogP contribution is -2.39. The van der Waals surface area contributed by atoms with E-state index in [2.05, 4.69) is 4.90 Å². The van der Waals surface area contributed by atoms with E-state index in [1.165, 1.54) is 0 Å². The van der Waals surface area contributed by atoms with Crippen LogP contribution in [0, 0.1) is 0 Å². The third kappa shape index (κ3) is 4.55. The van der Waals surface area contributed by atoms with Crippen molar-refractivity contribution in [2.45, 2.75) is 18.9 Å². The Hall–Kier alpha value is -0.650. The summed E-state index contributed by atoms with van der Waals surface area (Å²) >= 11 is 0. The first-order valence-corrected chi connectivity index (χ1v) is 4.96. The quantitative estimate of drug-likeness (QED) is 0.629. The van der Waals surface area contributed by atoms with Gasteiger partial charge < -0.3 is 15.6 Å². The second kappa shape index (κ2) is 5.95. The van der Waals surface area contributed by atoms with E-state index < -0.39 is 5.97 Å². The molecule has 0 bridgehead atoms. The SMILES string of the molecule is NC(CCN1CCOCC1)CC(=O)O. The standard InChI is InChI=1S/C9H18N2O3/c10-8(7-9(12)13)1-2-11-3-5-14-6-4-11/h8H,1-7,10H2,(H,12,13). The molecule has 5 heteroatoms. The average molecular weight is 202 g/mol. The summed E-state index contributed by atoms with van der Waals surface area (Å²) in [4.78, 5) is 12.6. The van der Waals surface area contributed by atoms with Crippen LogP contribution in [0.25, 0.3) is 0 Å². The van der Waals surface area contributed by atoms with Gasteiger partial charge in [0.05, 0.1) is 19.6 Å². The van der Waals surface area contributed by atoms with Crippen molar-refractivity contribution in [2.75, 3.05) is 32.8 Å². The molecule has 5 nitrogen and oxygen atoms in total. The number of hydrogen-bond acceptors (Lipinski definition) is 4. The maximum absolute atomic E-state index is 10.3. The summed E-state index contributed by atoms with van der Waals surface area (Å²) in [6, 6.07) is -0.227. The molecule has 1 rings (SSSR count). The molecule has 1 aliphatic rings. The predicted molar refractivity (Wildman–Crippen MR) is 52.1 cm³/mol. The monoisotopic (exact) mass is 202 g/mol. The van der Waals surface area contributed by atoms with Crippen molar-refractivity contribution in [3.8, 4) is 0 Å². The maximum atomic E-state index is 10.3. The van der Waals surface area contributed by atoms with Gasteiger partial charge in [0.1, 0.15) is 0 Å². The second-order valence-electron chi connectivity index (χ2n) is 3.60. The minimum absolute atomic E-state index is 0.0599. The zero-order valence-electron chi connectivity index (χ0n) is 8.32. The molecule has 1 heterocycles. The lowest BCUT2D eigenvalue weighted by atomic mass is 10.1. The van der Waals surface area contributed by atoms with Crippen molar-refractivity contribution in [2.24, 2.45) is 5.73 Å². The van der Waals surface area contributed by atoms with Crippen LogP contribution in [0.5, 0.6) is 0 Å². The lowest BCUT2D eigenvalue weighted by Gasteiger charge is -2.27. The van der Waals surface area contributed by atoms with Gasteiger partial charge in [-0.05, 0) is 13.0 Å². The van der Waals surface area contributed by atoms with E-state index in [0.717, 1.165) is 39.3 Å². The zero-order chi connectivity index (χ0) is 10.4. The first-order valence-electron chi connectivity index (χ1n) is 4.96. The number of nitrogens with two attached hydrogens (primary N) is 1. The first kappa shape index (κ1) is 11.4. The summed E-state index contributed by atoms with van der Waals surface area (Å²) in [5.41, 5.74) is 5.65. The van der Waals surface area contributed by atoms with Gasteiger partial charge in [-0.3, -0.25) is 9.69 Å². The van der Waals surface area contributed by atoms with Gasteiger partial charge in [-0.2, -0.15) is 0 Å². The highest BCUT2D eigenvalue weighted by Gasteiger charge is 2.13. The van der Waals surface area contributed by atoms with Crippen LogP contribution in [-0.2, 0) is 9.53 Å². The van der Waals surface area contributed by atoms with E-state index in [1.54, 1.807) is 0 Å². The summed E-state index contributed by atoms with van der Waals surface area (Å²) in [6.45, 7) is 4.28. The Morgan fingerprint density at radius 1 is 1.50 bits per heavy atom. The lowest BCUT2D eigenvalue weighted by molar-refractivity contribution is -0.137. The molecule has 0 aliphatic carbocycles. The Bertz CT molecular complexity index is 181. The van der Waals surface area contributed by atoms with Crippen LogP contribution in [0.4, 0.5) is 0 Å². The van der Waals surface area contributed by atoms with Gasteiger partial charge in [0, 0.05) is 19.1 Å². The second-order valence-corrected chi connectivity index (χ2v) is 3.60. The van der Waals surface area contributed by atoms with Crippen molar-refractivity contribution in [1.29, 1.82) is 0 Å². The number of nitrogens with zero attached hydrogens (tertiary/aromatic N) is 1. The van der Waals surface area contributed by atoms with Crippen molar-refractivity contribution >= 4 is 5.97 Å². The Labute approximate surface area is 83.8 Å². The molecule has 0 saturated carbocycles. The van der Waals surface area contributed by atoms with Crippen molar-refractivity contribution in [3.05, 3.63) is 0 Å². The van der Waals surface area contributed by atoms with Gasteiger partial charge in [0.2, 0.25) is 0 Å².